The highest BCUT2D eigenvalue weighted by Crippen LogP contribution is 2.44. The third-order valence-electron chi connectivity index (χ3n) is 3.92. The van der Waals surface area contributed by atoms with Gasteiger partial charge in [0.25, 0.3) is 0 Å². The Morgan fingerprint density at radius 2 is 2.12 bits per heavy atom. The average Bonchev–Trinajstić information content (AvgIpc) is 3.09. The van der Waals surface area contributed by atoms with Crippen molar-refractivity contribution in [2.24, 2.45) is 5.92 Å². The molecule has 1 N–H and O–H groups in total. The van der Waals surface area contributed by atoms with Crippen molar-refractivity contribution in [3.63, 3.8) is 0 Å². The molecule has 5 atom stereocenters. The number of nitrogens with zero attached hydrogens (tertiary/aromatic N) is 1. The summed E-state index contributed by atoms with van der Waals surface area (Å²) in [5, 5.41) is 13.2. The van der Waals surface area contributed by atoms with Crippen LogP contribution in [0.1, 0.15) is 40.5 Å². The van der Waals surface area contributed by atoms with Crippen LogP contribution in [-0.2, 0) is 19.1 Å². The van der Waals surface area contributed by atoms with Crippen LogP contribution in [0.3, 0.4) is 0 Å². The molecule has 134 valence electrons. The first-order valence-corrected chi connectivity index (χ1v) is 9.90. The van der Waals surface area contributed by atoms with Crippen molar-refractivity contribution < 1.29 is 19.1 Å². The number of nitriles is 1. The van der Waals surface area contributed by atoms with E-state index in [0.717, 1.165) is 18.2 Å². The van der Waals surface area contributed by atoms with Crippen LogP contribution in [0.4, 0.5) is 0 Å². The van der Waals surface area contributed by atoms with Gasteiger partial charge in [0, 0.05) is 6.61 Å². The van der Waals surface area contributed by atoms with Gasteiger partial charge in [-0.1, -0.05) is 6.92 Å². The lowest BCUT2D eigenvalue weighted by Gasteiger charge is -2.23. The molecule has 2 aliphatic heterocycles. The number of thioether (sulfide) groups is 2. The fourth-order valence-corrected chi connectivity index (χ4v) is 5.42. The van der Waals surface area contributed by atoms with E-state index in [0.29, 0.717) is 13.0 Å². The molecular weight excluding hydrogens is 348 g/mol. The third kappa shape index (κ3) is 4.80. The van der Waals surface area contributed by atoms with E-state index in [1.54, 1.807) is 0 Å². The first-order valence-electron chi connectivity index (χ1n) is 8.08. The first kappa shape index (κ1) is 19.4. The Balaban J connectivity index is 2.05. The Bertz CT molecular complexity index is 523. The Hall–Kier alpha value is -0.910. The van der Waals surface area contributed by atoms with Crippen molar-refractivity contribution in [2.45, 2.75) is 68.1 Å². The molecule has 2 rings (SSSR count). The van der Waals surface area contributed by atoms with Gasteiger partial charge in [-0.05, 0) is 51.3 Å². The zero-order valence-electron chi connectivity index (χ0n) is 14.4. The Morgan fingerprint density at radius 1 is 1.42 bits per heavy atom. The number of thiocyanates is 1. The molecule has 1 amide bonds. The number of amides is 1. The van der Waals surface area contributed by atoms with E-state index >= 15 is 0 Å². The van der Waals surface area contributed by atoms with Crippen LogP contribution in [0.15, 0.2) is 0 Å². The fraction of sp³-hybridized carbons (Fsp3) is 0.812. The van der Waals surface area contributed by atoms with Gasteiger partial charge in [-0.15, -0.1) is 11.8 Å². The van der Waals surface area contributed by atoms with Gasteiger partial charge in [-0.2, -0.15) is 5.26 Å². The van der Waals surface area contributed by atoms with Gasteiger partial charge in [0.1, 0.15) is 22.4 Å². The second-order valence-corrected chi connectivity index (χ2v) is 9.30. The largest absolute Gasteiger partial charge is 0.459 e. The van der Waals surface area contributed by atoms with Gasteiger partial charge in [0.2, 0.25) is 5.91 Å². The predicted molar refractivity (Wildman–Crippen MR) is 94.3 cm³/mol. The van der Waals surface area contributed by atoms with E-state index < -0.39 is 17.0 Å². The van der Waals surface area contributed by atoms with Crippen LogP contribution < -0.4 is 5.32 Å². The van der Waals surface area contributed by atoms with E-state index in [4.69, 9.17) is 14.7 Å². The SMILES string of the molecule is CC1C(C(=O)OC(C)(C)C)SC(NC(=O)C2CCCO2)C1SC#N. The first-order chi connectivity index (χ1) is 11.2. The molecule has 8 heteroatoms. The molecule has 0 aromatic rings. The van der Waals surface area contributed by atoms with Gasteiger partial charge in [-0.25, -0.2) is 0 Å². The maximum Gasteiger partial charge on any atom is 0.319 e. The summed E-state index contributed by atoms with van der Waals surface area (Å²) in [4.78, 5) is 24.7. The summed E-state index contributed by atoms with van der Waals surface area (Å²) in [6.45, 7) is 8.01. The minimum absolute atomic E-state index is 0.0794. The van der Waals surface area contributed by atoms with E-state index in [1.807, 2.05) is 27.7 Å². The lowest BCUT2D eigenvalue weighted by atomic mass is 10.0. The van der Waals surface area contributed by atoms with Gasteiger partial charge < -0.3 is 14.8 Å². The zero-order chi connectivity index (χ0) is 17.9. The second kappa shape index (κ2) is 7.98. The summed E-state index contributed by atoms with van der Waals surface area (Å²) in [6.07, 6.45) is 1.17. The number of hydrogen-bond donors (Lipinski definition) is 1. The molecule has 5 unspecified atom stereocenters. The summed E-state index contributed by atoms with van der Waals surface area (Å²) < 4.78 is 10.9. The summed E-state index contributed by atoms with van der Waals surface area (Å²) in [5.41, 5.74) is -0.561. The van der Waals surface area contributed by atoms with Gasteiger partial charge >= 0.3 is 5.97 Å². The van der Waals surface area contributed by atoms with Crippen molar-refractivity contribution in [3.8, 4) is 5.40 Å². The average molecular weight is 373 g/mol. The van der Waals surface area contributed by atoms with Gasteiger partial charge in [0.05, 0.1) is 10.6 Å². The standard InChI is InChI=1S/C16H24N2O4S2/c1-9-11(23-8-17)14(18-13(19)10-6-5-7-21-10)24-12(9)15(20)22-16(2,3)4/h9-12,14H,5-7H2,1-4H3,(H,18,19). The monoisotopic (exact) mass is 372 g/mol. The molecule has 0 aromatic heterocycles. The molecule has 24 heavy (non-hydrogen) atoms. The molecule has 0 bridgehead atoms. The van der Waals surface area contributed by atoms with E-state index in [2.05, 4.69) is 10.7 Å². The molecular formula is C16H24N2O4S2. The van der Waals surface area contributed by atoms with E-state index in [1.165, 1.54) is 11.8 Å². The van der Waals surface area contributed by atoms with Crippen LogP contribution in [-0.4, -0.2) is 46.1 Å². The molecule has 0 saturated carbocycles. The number of carbonyl (C=O) groups excluding carboxylic acids is 2. The lowest BCUT2D eigenvalue weighted by molar-refractivity contribution is -0.154. The Morgan fingerprint density at radius 3 is 2.67 bits per heavy atom. The minimum Gasteiger partial charge on any atom is -0.459 e. The topological polar surface area (TPSA) is 88.4 Å². The molecule has 2 fully saturated rings. The predicted octanol–water partition coefficient (Wildman–Crippen LogP) is 2.28. The van der Waals surface area contributed by atoms with Crippen LogP contribution in [0.5, 0.6) is 0 Å². The van der Waals surface area contributed by atoms with Crippen LogP contribution in [0.25, 0.3) is 0 Å². The highest BCUT2D eigenvalue weighted by molar-refractivity contribution is 8.07. The normalized spacial score (nSPS) is 33.0. The highest BCUT2D eigenvalue weighted by atomic mass is 32.2. The van der Waals surface area contributed by atoms with Crippen LogP contribution >= 0.6 is 23.5 Å². The Kier molecular flexibility index (Phi) is 6.46. The summed E-state index contributed by atoms with van der Waals surface area (Å²) in [6, 6.07) is 0. The summed E-state index contributed by atoms with van der Waals surface area (Å²) >= 11 is 2.47. The minimum atomic E-state index is -0.561. The number of carbonyl (C=O) groups is 2. The van der Waals surface area contributed by atoms with E-state index in [9.17, 15) is 9.59 Å². The third-order valence-corrected chi connectivity index (χ3v) is 6.79. The quantitative estimate of drug-likeness (QED) is 0.598. The number of ether oxygens (including phenoxy) is 2. The van der Waals surface area contributed by atoms with Crippen molar-refractivity contribution in [1.82, 2.24) is 5.32 Å². The highest BCUT2D eigenvalue weighted by Gasteiger charge is 2.48. The van der Waals surface area contributed by atoms with Crippen molar-refractivity contribution in [2.75, 3.05) is 6.61 Å². The molecule has 0 aromatic carbocycles. The number of nitrogens with one attached hydrogen (secondary N) is 1. The van der Waals surface area contributed by atoms with Crippen LogP contribution in [0, 0.1) is 16.6 Å². The van der Waals surface area contributed by atoms with Crippen molar-refractivity contribution >= 4 is 35.4 Å². The zero-order valence-corrected chi connectivity index (χ0v) is 16.0. The van der Waals surface area contributed by atoms with Gasteiger partial charge in [0.15, 0.2) is 0 Å². The number of hydrogen-bond acceptors (Lipinski definition) is 7. The Labute approximate surface area is 151 Å². The van der Waals surface area contributed by atoms with Gasteiger partial charge in [-0.3, -0.25) is 9.59 Å². The second-order valence-electron chi connectivity index (χ2n) is 7.05. The molecule has 0 aliphatic carbocycles. The molecule has 2 saturated heterocycles. The van der Waals surface area contributed by atoms with Crippen molar-refractivity contribution in [3.05, 3.63) is 0 Å². The summed E-state index contributed by atoms with van der Waals surface area (Å²) in [7, 11) is 0. The molecule has 0 radical (unpaired) electrons. The number of esters is 1. The molecule has 6 nitrogen and oxygen atoms in total. The molecule has 2 aliphatic rings. The van der Waals surface area contributed by atoms with Crippen molar-refractivity contribution in [1.29, 1.82) is 5.26 Å². The summed E-state index contributed by atoms with van der Waals surface area (Å²) in [5.74, 6) is -0.535. The molecule has 2 heterocycles. The smallest absolute Gasteiger partial charge is 0.319 e. The lowest BCUT2D eigenvalue weighted by Crippen LogP contribution is -2.43. The van der Waals surface area contributed by atoms with Crippen LogP contribution in [0.2, 0.25) is 0 Å². The van der Waals surface area contributed by atoms with E-state index in [-0.39, 0.29) is 28.4 Å². The molecule has 0 spiro atoms. The fourth-order valence-electron chi connectivity index (χ4n) is 2.80. The maximum absolute atomic E-state index is 12.4. The number of rotatable bonds is 4. The maximum atomic E-state index is 12.4.